The number of fused-ring (bicyclic) bond motifs is 3. The van der Waals surface area contributed by atoms with Crippen molar-refractivity contribution in [2.75, 3.05) is 19.5 Å². The molecule has 1 aromatic rings. The van der Waals surface area contributed by atoms with Crippen molar-refractivity contribution >= 4 is 19.4 Å². The van der Waals surface area contributed by atoms with Gasteiger partial charge in [0, 0.05) is 30.4 Å². The van der Waals surface area contributed by atoms with E-state index in [0.29, 0.717) is 6.42 Å². The van der Waals surface area contributed by atoms with E-state index in [1.165, 1.54) is 11.3 Å². The maximum atomic E-state index is 12.6. The van der Waals surface area contributed by atoms with Crippen molar-refractivity contribution in [2.24, 2.45) is 0 Å². The second-order valence-electron chi connectivity index (χ2n) is 7.84. The summed E-state index contributed by atoms with van der Waals surface area (Å²) in [5, 5.41) is 0. The van der Waals surface area contributed by atoms with E-state index in [1.807, 2.05) is 6.07 Å². The molecule has 4 nitrogen and oxygen atoms in total. The molecule has 0 saturated carbocycles. The highest BCUT2D eigenvalue weighted by molar-refractivity contribution is 6.76. The summed E-state index contributed by atoms with van der Waals surface area (Å²) in [5.74, 6) is 1.87. The number of hydrogen-bond donors (Lipinski definition) is 0. The van der Waals surface area contributed by atoms with Crippen molar-refractivity contribution in [1.29, 1.82) is 0 Å². The van der Waals surface area contributed by atoms with E-state index in [1.54, 1.807) is 0 Å². The van der Waals surface area contributed by atoms with Gasteiger partial charge in [0.05, 0.1) is 8.07 Å². The third kappa shape index (κ3) is 2.57. The number of rotatable bonds is 2. The lowest BCUT2D eigenvalue weighted by Crippen LogP contribution is -2.40. The van der Waals surface area contributed by atoms with Gasteiger partial charge in [-0.1, -0.05) is 19.6 Å². The SMILES string of the molecule is C[Si](C)(C)CN1CCc2cc3c(cc2C2=C1CCC2=O)OCO3. The smallest absolute Gasteiger partial charge is 0.231 e. The summed E-state index contributed by atoms with van der Waals surface area (Å²) < 4.78 is 11.1. The first-order chi connectivity index (χ1) is 10.9. The van der Waals surface area contributed by atoms with Gasteiger partial charge in [0.15, 0.2) is 17.3 Å². The number of ketones is 1. The Morgan fingerprint density at radius 2 is 1.83 bits per heavy atom. The third-order valence-electron chi connectivity index (χ3n) is 4.72. The molecule has 122 valence electrons. The molecular formula is C18H23NO3Si. The highest BCUT2D eigenvalue weighted by atomic mass is 28.3. The molecule has 3 aliphatic rings. The molecule has 0 N–H and O–H groups in total. The molecule has 0 saturated heterocycles. The average molecular weight is 329 g/mol. The largest absolute Gasteiger partial charge is 0.454 e. The lowest BCUT2D eigenvalue weighted by molar-refractivity contribution is -0.113. The molecule has 1 aromatic carbocycles. The number of carbonyl (C=O) groups excluding carboxylic acids is 1. The van der Waals surface area contributed by atoms with E-state index in [4.69, 9.17) is 9.47 Å². The average Bonchev–Trinajstić information content (AvgIpc) is 3.03. The Bertz CT molecular complexity index is 718. The van der Waals surface area contributed by atoms with Gasteiger partial charge in [0.25, 0.3) is 0 Å². The van der Waals surface area contributed by atoms with E-state index >= 15 is 0 Å². The van der Waals surface area contributed by atoms with Gasteiger partial charge in [-0.15, -0.1) is 0 Å². The summed E-state index contributed by atoms with van der Waals surface area (Å²) in [4.78, 5) is 15.1. The maximum Gasteiger partial charge on any atom is 0.231 e. The zero-order valence-electron chi connectivity index (χ0n) is 14.1. The fourth-order valence-electron chi connectivity index (χ4n) is 3.83. The number of nitrogens with zero attached hydrogens (tertiary/aromatic N) is 1. The quantitative estimate of drug-likeness (QED) is 0.781. The molecule has 2 heterocycles. The predicted octanol–water partition coefficient (Wildman–Crippen LogP) is 3.22. The molecule has 1 aliphatic carbocycles. The molecule has 0 bridgehead atoms. The van der Waals surface area contributed by atoms with Crippen molar-refractivity contribution in [3.05, 3.63) is 29.0 Å². The minimum Gasteiger partial charge on any atom is -0.454 e. The highest BCUT2D eigenvalue weighted by Gasteiger charge is 2.34. The number of allylic oxidation sites excluding steroid dienone is 2. The van der Waals surface area contributed by atoms with Crippen LogP contribution in [0.15, 0.2) is 17.8 Å². The first kappa shape index (κ1) is 14.8. The molecule has 4 rings (SSSR count). The number of Topliss-reactive ketones (excluding diaryl/α,β-unsaturated/α-hetero) is 1. The van der Waals surface area contributed by atoms with Crippen molar-refractivity contribution in [1.82, 2.24) is 4.90 Å². The van der Waals surface area contributed by atoms with E-state index in [2.05, 4.69) is 30.6 Å². The fourth-order valence-corrected chi connectivity index (χ4v) is 5.32. The second-order valence-corrected chi connectivity index (χ2v) is 13.3. The van der Waals surface area contributed by atoms with Gasteiger partial charge in [-0.2, -0.15) is 0 Å². The van der Waals surface area contributed by atoms with Gasteiger partial charge >= 0.3 is 0 Å². The van der Waals surface area contributed by atoms with E-state index in [0.717, 1.165) is 48.2 Å². The van der Waals surface area contributed by atoms with Crippen LogP contribution in [0, 0.1) is 0 Å². The zero-order valence-corrected chi connectivity index (χ0v) is 15.1. The Morgan fingerprint density at radius 3 is 2.57 bits per heavy atom. The maximum absolute atomic E-state index is 12.6. The van der Waals surface area contributed by atoms with Gasteiger partial charge in [-0.05, 0) is 36.1 Å². The first-order valence-electron chi connectivity index (χ1n) is 8.36. The third-order valence-corrected chi connectivity index (χ3v) is 6.05. The molecule has 0 fully saturated rings. The number of benzene rings is 1. The van der Waals surface area contributed by atoms with E-state index in [-0.39, 0.29) is 12.6 Å². The Balaban J connectivity index is 1.82. The molecule has 0 atom stereocenters. The standard InChI is InChI=1S/C18H23NO3Si/c1-23(2,3)10-19-7-6-12-8-16-17(22-11-21-16)9-13(12)18-14(19)4-5-15(18)20/h8-9H,4-7,10-11H2,1-3H3. The van der Waals surface area contributed by atoms with Crippen LogP contribution in [0.2, 0.25) is 19.6 Å². The number of ether oxygens (including phenoxy) is 2. The molecule has 0 amide bonds. The van der Waals surface area contributed by atoms with Crippen LogP contribution in [-0.2, 0) is 11.2 Å². The lowest BCUT2D eigenvalue weighted by atomic mass is 9.96. The second kappa shape index (κ2) is 5.13. The Morgan fingerprint density at radius 1 is 1.09 bits per heavy atom. The fraction of sp³-hybridized carbons (Fsp3) is 0.500. The number of hydrogen-bond acceptors (Lipinski definition) is 4. The van der Waals surface area contributed by atoms with Crippen LogP contribution in [-0.4, -0.2) is 38.3 Å². The molecular weight excluding hydrogens is 306 g/mol. The van der Waals surface area contributed by atoms with E-state index in [9.17, 15) is 4.79 Å². The van der Waals surface area contributed by atoms with Crippen LogP contribution < -0.4 is 9.47 Å². The first-order valence-corrected chi connectivity index (χ1v) is 12.1. The van der Waals surface area contributed by atoms with Crippen LogP contribution in [0.5, 0.6) is 11.5 Å². The van der Waals surface area contributed by atoms with Crippen LogP contribution >= 0.6 is 0 Å². The molecule has 2 aliphatic heterocycles. The van der Waals surface area contributed by atoms with Crippen LogP contribution in [0.1, 0.15) is 24.0 Å². The Hall–Kier alpha value is -1.75. The van der Waals surface area contributed by atoms with Crippen LogP contribution in [0.4, 0.5) is 0 Å². The summed E-state index contributed by atoms with van der Waals surface area (Å²) in [6.45, 7) is 8.43. The summed E-state index contributed by atoms with van der Waals surface area (Å²) >= 11 is 0. The van der Waals surface area contributed by atoms with Gasteiger partial charge < -0.3 is 14.4 Å². The molecule has 0 spiro atoms. The molecule has 0 aromatic heterocycles. The Kier molecular flexibility index (Phi) is 3.30. The number of carbonyl (C=O) groups is 1. The summed E-state index contributed by atoms with van der Waals surface area (Å²) in [7, 11) is -1.24. The molecule has 0 unspecified atom stereocenters. The summed E-state index contributed by atoms with van der Waals surface area (Å²) in [6, 6.07) is 4.10. The zero-order chi connectivity index (χ0) is 16.2. The van der Waals surface area contributed by atoms with Gasteiger partial charge in [-0.25, -0.2) is 0 Å². The van der Waals surface area contributed by atoms with Crippen LogP contribution in [0.3, 0.4) is 0 Å². The van der Waals surface area contributed by atoms with Crippen molar-refractivity contribution in [3.8, 4) is 11.5 Å². The lowest BCUT2D eigenvalue weighted by Gasteiger charge is -2.31. The monoisotopic (exact) mass is 329 g/mol. The normalized spacial score (nSPS) is 19.8. The molecule has 23 heavy (non-hydrogen) atoms. The molecule has 5 heteroatoms. The Labute approximate surface area is 138 Å². The van der Waals surface area contributed by atoms with Gasteiger partial charge in [0.2, 0.25) is 6.79 Å². The van der Waals surface area contributed by atoms with Crippen molar-refractivity contribution in [2.45, 2.75) is 38.9 Å². The topological polar surface area (TPSA) is 38.8 Å². The van der Waals surface area contributed by atoms with Crippen molar-refractivity contribution < 1.29 is 14.3 Å². The minimum atomic E-state index is -1.24. The molecule has 0 radical (unpaired) electrons. The van der Waals surface area contributed by atoms with Crippen molar-refractivity contribution in [3.63, 3.8) is 0 Å². The highest BCUT2D eigenvalue weighted by Crippen LogP contribution is 2.43. The minimum absolute atomic E-state index is 0.278. The van der Waals surface area contributed by atoms with Crippen LogP contribution in [0.25, 0.3) is 5.57 Å². The summed E-state index contributed by atoms with van der Waals surface area (Å²) in [6.07, 6.45) is 3.59. The summed E-state index contributed by atoms with van der Waals surface area (Å²) in [5.41, 5.74) is 4.49. The van der Waals surface area contributed by atoms with Gasteiger partial charge in [0.1, 0.15) is 0 Å². The predicted molar refractivity (Wildman–Crippen MR) is 92.3 cm³/mol. The van der Waals surface area contributed by atoms with E-state index < -0.39 is 8.07 Å². The van der Waals surface area contributed by atoms with Gasteiger partial charge in [-0.3, -0.25) is 4.79 Å².